The minimum atomic E-state index is -0.584. The molecule has 0 aliphatic carbocycles. The second-order valence-corrected chi connectivity index (χ2v) is 3.57. The first kappa shape index (κ1) is 12.0. The van der Waals surface area contributed by atoms with Crippen LogP contribution in [0.1, 0.15) is 12.6 Å². The number of hydrogen-bond donors (Lipinski definition) is 1. The molecule has 0 fully saturated rings. The summed E-state index contributed by atoms with van der Waals surface area (Å²) in [5.74, 6) is 0.848. The standard InChI is InChI=1S/C13H13N3O2/c1-2-10-8-15-12(9-14-10)16-13(17)18-11-6-4-3-5-7-11/h3-9H,2H2,1H3,(H,15,16,17). The number of benzene rings is 1. The van der Waals surface area contributed by atoms with Crippen molar-refractivity contribution < 1.29 is 9.53 Å². The molecule has 0 bridgehead atoms. The highest BCUT2D eigenvalue weighted by atomic mass is 16.6. The molecule has 0 saturated heterocycles. The summed E-state index contributed by atoms with van der Waals surface area (Å²) in [5, 5.41) is 2.51. The first-order valence-electron chi connectivity index (χ1n) is 5.62. The topological polar surface area (TPSA) is 64.1 Å². The lowest BCUT2D eigenvalue weighted by Crippen LogP contribution is -2.17. The Balaban J connectivity index is 1.94. The molecule has 5 heteroatoms. The van der Waals surface area contributed by atoms with Gasteiger partial charge in [0.25, 0.3) is 0 Å². The van der Waals surface area contributed by atoms with Crippen molar-refractivity contribution >= 4 is 11.9 Å². The Hall–Kier alpha value is -2.43. The number of nitrogens with zero attached hydrogens (tertiary/aromatic N) is 2. The Kier molecular flexibility index (Phi) is 3.86. The normalized spacial score (nSPS) is 9.83. The number of hydrogen-bond acceptors (Lipinski definition) is 4. The van der Waals surface area contributed by atoms with Gasteiger partial charge in [0.05, 0.1) is 18.1 Å². The molecular weight excluding hydrogens is 230 g/mol. The lowest BCUT2D eigenvalue weighted by molar-refractivity contribution is 0.215. The van der Waals surface area contributed by atoms with Crippen molar-refractivity contribution in [1.82, 2.24) is 9.97 Å². The fourth-order valence-corrected chi connectivity index (χ4v) is 1.33. The van der Waals surface area contributed by atoms with Crippen LogP contribution in [-0.4, -0.2) is 16.1 Å². The van der Waals surface area contributed by atoms with Crippen molar-refractivity contribution in [1.29, 1.82) is 0 Å². The molecule has 0 saturated carbocycles. The number of rotatable bonds is 3. The fourth-order valence-electron chi connectivity index (χ4n) is 1.33. The van der Waals surface area contributed by atoms with Crippen LogP contribution in [0.2, 0.25) is 0 Å². The van der Waals surface area contributed by atoms with Crippen molar-refractivity contribution in [3.05, 3.63) is 48.4 Å². The van der Waals surface area contributed by atoms with Gasteiger partial charge < -0.3 is 4.74 Å². The van der Waals surface area contributed by atoms with E-state index in [1.54, 1.807) is 30.5 Å². The number of aromatic nitrogens is 2. The van der Waals surface area contributed by atoms with E-state index >= 15 is 0 Å². The second-order valence-electron chi connectivity index (χ2n) is 3.57. The molecule has 1 amide bonds. The van der Waals surface area contributed by atoms with E-state index in [0.717, 1.165) is 12.1 Å². The summed E-state index contributed by atoms with van der Waals surface area (Å²) in [5.41, 5.74) is 0.872. The summed E-state index contributed by atoms with van der Waals surface area (Å²) in [7, 11) is 0. The molecule has 1 aromatic heterocycles. The van der Waals surface area contributed by atoms with Gasteiger partial charge in [0.15, 0.2) is 5.82 Å². The van der Waals surface area contributed by atoms with Gasteiger partial charge in [0.1, 0.15) is 5.75 Å². The Morgan fingerprint density at radius 2 is 2.00 bits per heavy atom. The summed E-state index contributed by atoms with van der Waals surface area (Å²) in [6.07, 6.45) is 3.35. The third kappa shape index (κ3) is 3.28. The summed E-state index contributed by atoms with van der Waals surface area (Å²) >= 11 is 0. The van der Waals surface area contributed by atoms with Crippen LogP contribution in [-0.2, 0) is 6.42 Å². The number of aryl methyl sites for hydroxylation is 1. The molecule has 1 N–H and O–H groups in total. The van der Waals surface area contributed by atoms with E-state index in [2.05, 4.69) is 15.3 Å². The van der Waals surface area contributed by atoms with Gasteiger partial charge >= 0.3 is 6.09 Å². The predicted octanol–water partition coefficient (Wildman–Crippen LogP) is 2.65. The molecule has 2 aromatic rings. The van der Waals surface area contributed by atoms with Crippen molar-refractivity contribution in [3.63, 3.8) is 0 Å². The number of ether oxygens (including phenoxy) is 1. The second kappa shape index (κ2) is 5.77. The number of nitrogens with one attached hydrogen (secondary N) is 1. The van der Waals surface area contributed by atoms with Gasteiger partial charge in [-0.25, -0.2) is 9.78 Å². The van der Waals surface area contributed by atoms with Crippen LogP contribution >= 0.6 is 0 Å². The fraction of sp³-hybridized carbons (Fsp3) is 0.154. The SMILES string of the molecule is CCc1cnc(NC(=O)Oc2ccccc2)cn1. The van der Waals surface area contributed by atoms with Crippen molar-refractivity contribution in [2.45, 2.75) is 13.3 Å². The Labute approximate surface area is 105 Å². The van der Waals surface area contributed by atoms with E-state index in [-0.39, 0.29) is 0 Å². The highest BCUT2D eigenvalue weighted by Crippen LogP contribution is 2.09. The third-order valence-corrected chi connectivity index (χ3v) is 2.25. The zero-order chi connectivity index (χ0) is 12.8. The zero-order valence-corrected chi connectivity index (χ0v) is 9.96. The smallest absolute Gasteiger partial charge is 0.410 e. The van der Waals surface area contributed by atoms with Crippen LogP contribution in [0.25, 0.3) is 0 Å². The first-order chi connectivity index (χ1) is 8.78. The lowest BCUT2D eigenvalue weighted by atomic mass is 10.3. The van der Waals surface area contributed by atoms with Gasteiger partial charge in [-0.15, -0.1) is 0 Å². The van der Waals surface area contributed by atoms with Crippen LogP contribution in [0.5, 0.6) is 5.75 Å². The molecular formula is C13H13N3O2. The van der Waals surface area contributed by atoms with Gasteiger partial charge in [0, 0.05) is 0 Å². The highest BCUT2D eigenvalue weighted by molar-refractivity contribution is 5.84. The molecule has 1 heterocycles. The number of carbonyl (C=O) groups is 1. The Morgan fingerprint density at radius 3 is 2.61 bits per heavy atom. The molecule has 0 aliphatic rings. The number of carbonyl (C=O) groups excluding carboxylic acids is 1. The summed E-state index contributed by atoms with van der Waals surface area (Å²) < 4.78 is 5.06. The van der Waals surface area contributed by atoms with Gasteiger partial charge in [-0.05, 0) is 18.6 Å². The maximum Gasteiger partial charge on any atom is 0.418 e. The number of para-hydroxylation sites is 1. The maximum absolute atomic E-state index is 11.5. The molecule has 18 heavy (non-hydrogen) atoms. The van der Waals surface area contributed by atoms with E-state index in [9.17, 15) is 4.79 Å². The van der Waals surface area contributed by atoms with Gasteiger partial charge in [-0.2, -0.15) is 0 Å². The molecule has 0 aliphatic heterocycles. The van der Waals surface area contributed by atoms with Crippen molar-refractivity contribution in [2.24, 2.45) is 0 Å². The Bertz CT molecular complexity index is 512. The van der Waals surface area contributed by atoms with Crippen LogP contribution in [0, 0.1) is 0 Å². The van der Waals surface area contributed by atoms with Gasteiger partial charge in [0.2, 0.25) is 0 Å². The zero-order valence-electron chi connectivity index (χ0n) is 9.96. The molecule has 1 aromatic carbocycles. The van der Waals surface area contributed by atoms with E-state index in [0.29, 0.717) is 11.6 Å². The summed E-state index contributed by atoms with van der Waals surface area (Å²) in [6, 6.07) is 8.83. The average Bonchev–Trinajstić information content (AvgIpc) is 2.40. The van der Waals surface area contributed by atoms with E-state index in [1.807, 2.05) is 13.0 Å². The summed E-state index contributed by atoms with van der Waals surface area (Å²) in [6.45, 7) is 1.99. The molecule has 0 radical (unpaired) electrons. The lowest BCUT2D eigenvalue weighted by Gasteiger charge is -2.05. The minimum absolute atomic E-state index is 0.369. The van der Waals surface area contributed by atoms with Gasteiger partial charge in [-0.3, -0.25) is 10.3 Å². The van der Waals surface area contributed by atoms with Crippen LogP contribution < -0.4 is 10.1 Å². The molecule has 92 valence electrons. The summed E-state index contributed by atoms with van der Waals surface area (Å²) in [4.78, 5) is 19.7. The quantitative estimate of drug-likeness (QED) is 0.900. The van der Waals surface area contributed by atoms with Crippen molar-refractivity contribution in [3.8, 4) is 5.75 Å². The van der Waals surface area contributed by atoms with Crippen LogP contribution in [0.4, 0.5) is 10.6 Å². The van der Waals surface area contributed by atoms with Gasteiger partial charge in [-0.1, -0.05) is 25.1 Å². The van der Waals surface area contributed by atoms with E-state index in [1.165, 1.54) is 6.20 Å². The molecule has 0 spiro atoms. The minimum Gasteiger partial charge on any atom is -0.410 e. The molecule has 5 nitrogen and oxygen atoms in total. The monoisotopic (exact) mass is 243 g/mol. The molecule has 0 unspecified atom stereocenters. The Morgan fingerprint density at radius 1 is 1.22 bits per heavy atom. The largest absolute Gasteiger partial charge is 0.418 e. The number of anilines is 1. The third-order valence-electron chi connectivity index (χ3n) is 2.25. The highest BCUT2D eigenvalue weighted by Gasteiger charge is 2.05. The average molecular weight is 243 g/mol. The van der Waals surface area contributed by atoms with Crippen LogP contribution in [0.15, 0.2) is 42.7 Å². The number of amides is 1. The van der Waals surface area contributed by atoms with E-state index < -0.39 is 6.09 Å². The van der Waals surface area contributed by atoms with Crippen molar-refractivity contribution in [2.75, 3.05) is 5.32 Å². The first-order valence-corrected chi connectivity index (χ1v) is 5.62. The molecule has 2 rings (SSSR count). The van der Waals surface area contributed by atoms with Crippen LogP contribution in [0.3, 0.4) is 0 Å². The predicted molar refractivity (Wildman–Crippen MR) is 67.5 cm³/mol. The maximum atomic E-state index is 11.5. The molecule has 0 atom stereocenters. The van der Waals surface area contributed by atoms with E-state index in [4.69, 9.17) is 4.74 Å².